The molecule has 2 N–H and O–H groups in total. The molecule has 0 radical (unpaired) electrons. The van der Waals surface area contributed by atoms with Crippen molar-refractivity contribution < 1.29 is 14.3 Å². The number of nitrogens with zero attached hydrogens (tertiary/aromatic N) is 1. The largest absolute Gasteiger partial charge is 0.445 e. The summed E-state index contributed by atoms with van der Waals surface area (Å²) in [5.41, 5.74) is -0.133. The summed E-state index contributed by atoms with van der Waals surface area (Å²) >= 11 is 0. The van der Waals surface area contributed by atoms with Crippen LogP contribution in [0.15, 0.2) is 30.3 Å². The minimum Gasteiger partial charge on any atom is -0.445 e. The highest BCUT2D eigenvalue weighted by atomic mass is 16.5. The van der Waals surface area contributed by atoms with E-state index >= 15 is 0 Å². The van der Waals surface area contributed by atoms with Gasteiger partial charge >= 0.3 is 6.09 Å². The van der Waals surface area contributed by atoms with Crippen LogP contribution in [0, 0.1) is 0 Å². The van der Waals surface area contributed by atoms with E-state index in [4.69, 9.17) is 4.74 Å². The van der Waals surface area contributed by atoms with Gasteiger partial charge in [-0.25, -0.2) is 4.79 Å². The van der Waals surface area contributed by atoms with Crippen molar-refractivity contribution in [1.29, 1.82) is 0 Å². The molecule has 6 heteroatoms. The molecule has 0 spiro atoms. The Hall–Kier alpha value is -2.08. The first-order valence-corrected chi connectivity index (χ1v) is 7.23. The van der Waals surface area contributed by atoms with Gasteiger partial charge in [-0.05, 0) is 33.5 Å². The summed E-state index contributed by atoms with van der Waals surface area (Å²) in [5, 5.41) is 5.36. The van der Waals surface area contributed by atoms with Gasteiger partial charge < -0.3 is 20.3 Å². The zero-order valence-electron chi connectivity index (χ0n) is 13.7. The number of benzene rings is 1. The molecule has 0 saturated carbocycles. The Morgan fingerprint density at radius 1 is 1.18 bits per heavy atom. The van der Waals surface area contributed by atoms with Gasteiger partial charge in [0.25, 0.3) is 0 Å². The van der Waals surface area contributed by atoms with Crippen LogP contribution in [0.25, 0.3) is 0 Å². The summed E-state index contributed by atoms with van der Waals surface area (Å²) < 4.78 is 5.12. The fraction of sp³-hybridized carbons (Fsp3) is 0.500. The molecule has 0 aliphatic rings. The number of carbonyl (C=O) groups excluding carboxylic acids is 2. The van der Waals surface area contributed by atoms with Gasteiger partial charge in [0.15, 0.2) is 0 Å². The van der Waals surface area contributed by atoms with Crippen molar-refractivity contribution in [3.63, 3.8) is 0 Å². The zero-order valence-corrected chi connectivity index (χ0v) is 13.7. The number of nitrogens with one attached hydrogen (secondary N) is 2. The summed E-state index contributed by atoms with van der Waals surface area (Å²) in [6, 6.07) is 9.38. The second-order valence-electron chi connectivity index (χ2n) is 5.87. The molecule has 1 aromatic rings. The van der Waals surface area contributed by atoms with Crippen LogP contribution in [0.1, 0.15) is 19.4 Å². The predicted molar refractivity (Wildman–Crippen MR) is 85.4 cm³/mol. The van der Waals surface area contributed by atoms with Crippen molar-refractivity contribution in [2.75, 3.05) is 27.2 Å². The van der Waals surface area contributed by atoms with Crippen LogP contribution in [0.2, 0.25) is 0 Å². The number of alkyl carbamates (subject to hydrolysis) is 1. The predicted octanol–water partition coefficient (Wildman–Crippen LogP) is 1.37. The van der Waals surface area contributed by atoms with Crippen LogP contribution < -0.4 is 10.6 Å². The lowest BCUT2D eigenvalue weighted by Crippen LogP contribution is -2.55. The van der Waals surface area contributed by atoms with Crippen LogP contribution >= 0.6 is 0 Å². The van der Waals surface area contributed by atoms with Crippen molar-refractivity contribution in [1.82, 2.24) is 15.5 Å². The minimum atomic E-state index is -1.03. The smallest absolute Gasteiger partial charge is 0.408 e. The first kappa shape index (κ1) is 18.0. The normalized spacial score (nSPS) is 11.1. The van der Waals surface area contributed by atoms with Crippen LogP contribution in [0.5, 0.6) is 0 Å². The molecule has 0 aliphatic carbocycles. The molecule has 0 heterocycles. The summed E-state index contributed by atoms with van der Waals surface area (Å²) in [7, 11) is 3.85. The van der Waals surface area contributed by atoms with E-state index in [2.05, 4.69) is 10.6 Å². The second kappa shape index (κ2) is 8.38. The molecule has 0 fully saturated rings. The fourth-order valence-corrected chi connectivity index (χ4v) is 1.69. The molecule has 0 aliphatic heterocycles. The SMILES string of the molecule is CN(C)CCNC(=O)C(C)(C)NC(=O)OCc1ccccc1. The number of rotatable bonds is 7. The number of hydrogen-bond donors (Lipinski definition) is 2. The van der Waals surface area contributed by atoms with Crippen LogP contribution in [-0.4, -0.2) is 49.6 Å². The minimum absolute atomic E-state index is 0.172. The van der Waals surface area contributed by atoms with Crippen molar-refractivity contribution in [2.24, 2.45) is 0 Å². The molecule has 1 aromatic carbocycles. The van der Waals surface area contributed by atoms with E-state index in [1.54, 1.807) is 13.8 Å². The first-order valence-electron chi connectivity index (χ1n) is 7.23. The van der Waals surface area contributed by atoms with Crippen molar-refractivity contribution in [3.8, 4) is 0 Å². The Kier molecular flexibility index (Phi) is 6.85. The fourth-order valence-electron chi connectivity index (χ4n) is 1.69. The molecular weight excluding hydrogens is 282 g/mol. The van der Waals surface area contributed by atoms with Crippen LogP contribution in [0.3, 0.4) is 0 Å². The molecule has 0 aromatic heterocycles. The third-order valence-electron chi connectivity index (χ3n) is 3.04. The van der Waals surface area contributed by atoms with Gasteiger partial charge in [0.05, 0.1) is 0 Å². The molecule has 122 valence electrons. The Bertz CT molecular complexity index is 487. The van der Waals surface area contributed by atoms with Gasteiger partial charge in [0, 0.05) is 13.1 Å². The van der Waals surface area contributed by atoms with E-state index in [0.717, 1.165) is 12.1 Å². The summed E-state index contributed by atoms with van der Waals surface area (Å²) in [4.78, 5) is 25.8. The lowest BCUT2D eigenvalue weighted by Gasteiger charge is -2.25. The van der Waals surface area contributed by atoms with E-state index in [9.17, 15) is 9.59 Å². The first-order chi connectivity index (χ1) is 10.3. The van der Waals surface area contributed by atoms with Gasteiger partial charge in [0.1, 0.15) is 12.1 Å². The molecule has 0 atom stereocenters. The van der Waals surface area contributed by atoms with Gasteiger partial charge in [-0.15, -0.1) is 0 Å². The Morgan fingerprint density at radius 3 is 2.41 bits per heavy atom. The second-order valence-corrected chi connectivity index (χ2v) is 5.87. The van der Waals surface area contributed by atoms with Crippen molar-refractivity contribution in [3.05, 3.63) is 35.9 Å². The molecule has 2 amide bonds. The maximum atomic E-state index is 12.1. The van der Waals surface area contributed by atoms with Crippen LogP contribution in [-0.2, 0) is 16.1 Å². The third-order valence-corrected chi connectivity index (χ3v) is 3.04. The molecule has 0 unspecified atom stereocenters. The quantitative estimate of drug-likeness (QED) is 0.798. The van der Waals surface area contributed by atoms with E-state index < -0.39 is 11.6 Å². The molecule has 0 bridgehead atoms. The molecular formula is C16H25N3O3. The topological polar surface area (TPSA) is 70.7 Å². The Labute approximate surface area is 131 Å². The highest BCUT2D eigenvalue weighted by Crippen LogP contribution is 2.05. The maximum absolute atomic E-state index is 12.1. The van der Waals surface area contributed by atoms with Gasteiger partial charge in [0.2, 0.25) is 5.91 Å². The Morgan fingerprint density at radius 2 is 1.82 bits per heavy atom. The number of hydrogen-bond acceptors (Lipinski definition) is 4. The van der Waals surface area contributed by atoms with E-state index in [0.29, 0.717) is 6.54 Å². The van der Waals surface area contributed by atoms with Crippen molar-refractivity contribution in [2.45, 2.75) is 26.0 Å². The number of ether oxygens (including phenoxy) is 1. The zero-order chi connectivity index (χ0) is 16.6. The van der Waals surface area contributed by atoms with Gasteiger partial charge in [-0.3, -0.25) is 4.79 Å². The third kappa shape index (κ3) is 6.58. The highest BCUT2D eigenvalue weighted by Gasteiger charge is 2.29. The Balaban J connectivity index is 2.38. The number of likely N-dealkylation sites (N-methyl/N-ethyl adjacent to an activating group) is 1. The lowest BCUT2D eigenvalue weighted by molar-refractivity contribution is -0.126. The number of amides is 2. The number of carbonyl (C=O) groups is 2. The molecule has 0 saturated heterocycles. The average molecular weight is 307 g/mol. The summed E-state index contributed by atoms with van der Waals surface area (Å²) in [6.45, 7) is 4.71. The highest BCUT2D eigenvalue weighted by molar-refractivity contribution is 5.89. The lowest BCUT2D eigenvalue weighted by atomic mass is 10.1. The van der Waals surface area contributed by atoms with E-state index in [1.165, 1.54) is 0 Å². The monoisotopic (exact) mass is 307 g/mol. The maximum Gasteiger partial charge on any atom is 0.408 e. The average Bonchev–Trinajstić information content (AvgIpc) is 2.45. The summed E-state index contributed by atoms with van der Waals surface area (Å²) in [5.74, 6) is -0.244. The van der Waals surface area contributed by atoms with E-state index in [1.807, 2.05) is 49.3 Å². The summed E-state index contributed by atoms with van der Waals surface area (Å²) in [6.07, 6.45) is -0.614. The van der Waals surface area contributed by atoms with E-state index in [-0.39, 0.29) is 12.5 Å². The van der Waals surface area contributed by atoms with Gasteiger partial charge in [-0.1, -0.05) is 30.3 Å². The molecule has 6 nitrogen and oxygen atoms in total. The van der Waals surface area contributed by atoms with Crippen LogP contribution in [0.4, 0.5) is 4.79 Å². The van der Waals surface area contributed by atoms with Gasteiger partial charge in [-0.2, -0.15) is 0 Å². The van der Waals surface area contributed by atoms with Crippen molar-refractivity contribution >= 4 is 12.0 Å². The molecule has 1 rings (SSSR count). The molecule has 22 heavy (non-hydrogen) atoms. The standard InChI is InChI=1S/C16H25N3O3/c1-16(2,14(20)17-10-11-19(3)4)18-15(21)22-12-13-8-6-5-7-9-13/h5-9H,10-12H2,1-4H3,(H,17,20)(H,18,21).